The van der Waals surface area contributed by atoms with Gasteiger partial charge in [0.15, 0.2) is 0 Å². The molecule has 2 heteroatoms. The fourth-order valence-corrected chi connectivity index (χ4v) is 1.66. The van der Waals surface area contributed by atoms with Crippen LogP contribution < -0.4 is 5.32 Å². The van der Waals surface area contributed by atoms with E-state index in [1.807, 2.05) is 0 Å². The lowest BCUT2D eigenvalue weighted by Gasteiger charge is -1.99. The van der Waals surface area contributed by atoms with E-state index in [4.69, 9.17) is 6.42 Å². The normalized spacial score (nSPS) is 9.58. The van der Waals surface area contributed by atoms with Crippen molar-refractivity contribution in [2.75, 3.05) is 13.1 Å². The van der Waals surface area contributed by atoms with Crippen molar-refractivity contribution < 1.29 is 0 Å². The molecule has 1 aromatic rings. The van der Waals surface area contributed by atoms with Gasteiger partial charge in [0.1, 0.15) is 0 Å². The van der Waals surface area contributed by atoms with Crippen molar-refractivity contribution in [3.05, 3.63) is 22.4 Å². The molecule has 0 radical (unpaired) electrons. The minimum Gasteiger partial charge on any atom is -0.315 e. The van der Waals surface area contributed by atoms with Crippen molar-refractivity contribution in [3.8, 4) is 12.3 Å². The largest absolute Gasteiger partial charge is 0.315 e. The van der Waals surface area contributed by atoms with Gasteiger partial charge in [0, 0.05) is 17.8 Å². The third-order valence-electron chi connectivity index (χ3n) is 1.57. The van der Waals surface area contributed by atoms with E-state index in [1.165, 1.54) is 4.88 Å². The molecule has 1 rings (SSSR count). The molecule has 0 saturated carbocycles. The van der Waals surface area contributed by atoms with Crippen LogP contribution in [0.1, 0.15) is 11.3 Å². The molecule has 0 saturated heterocycles. The Morgan fingerprint density at radius 3 is 3.08 bits per heavy atom. The summed E-state index contributed by atoms with van der Waals surface area (Å²) >= 11 is 1.81. The summed E-state index contributed by atoms with van der Waals surface area (Å²) in [4.78, 5) is 1.43. The van der Waals surface area contributed by atoms with Gasteiger partial charge in [-0.3, -0.25) is 0 Å². The van der Waals surface area contributed by atoms with Crippen LogP contribution in [0.5, 0.6) is 0 Å². The highest BCUT2D eigenvalue weighted by Gasteiger charge is 1.91. The van der Waals surface area contributed by atoms with Crippen LogP contribution in [-0.4, -0.2) is 13.1 Å². The van der Waals surface area contributed by atoms with Crippen molar-refractivity contribution in [2.45, 2.75) is 12.8 Å². The Balaban J connectivity index is 2.01. The van der Waals surface area contributed by atoms with Crippen LogP contribution in [0.4, 0.5) is 0 Å². The number of thiophene rings is 1. The lowest BCUT2D eigenvalue weighted by Crippen LogP contribution is -2.17. The molecule has 0 aromatic carbocycles. The van der Waals surface area contributed by atoms with Crippen LogP contribution in [0.15, 0.2) is 17.5 Å². The molecular weight excluding hydrogens is 166 g/mol. The number of hydrogen-bond donors (Lipinski definition) is 1. The van der Waals surface area contributed by atoms with Gasteiger partial charge in [0.2, 0.25) is 0 Å². The topological polar surface area (TPSA) is 12.0 Å². The molecule has 0 bridgehead atoms. The van der Waals surface area contributed by atoms with Gasteiger partial charge < -0.3 is 5.32 Å². The quantitative estimate of drug-likeness (QED) is 0.538. The van der Waals surface area contributed by atoms with Crippen LogP contribution >= 0.6 is 11.3 Å². The van der Waals surface area contributed by atoms with E-state index in [0.717, 1.165) is 25.9 Å². The van der Waals surface area contributed by atoms with Gasteiger partial charge >= 0.3 is 0 Å². The zero-order chi connectivity index (χ0) is 8.65. The number of hydrogen-bond acceptors (Lipinski definition) is 2. The fraction of sp³-hybridized carbons (Fsp3) is 0.400. The lowest BCUT2D eigenvalue weighted by atomic mass is 10.3. The van der Waals surface area contributed by atoms with Gasteiger partial charge in [-0.2, -0.15) is 0 Å². The lowest BCUT2D eigenvalue weighted by molar-refractivity contribution is 0.698. The van der Waals surface area contributed by atoms with E-state index >= 15 is 0 Å². The first-order chi connectivity index (χ1) is 5.93. The molecule has 64 valence electrons. The molecule has 0 spiro atoms. The first kappa shape index (κ1) is 9.31. The van der Waals surface area contributed by atoms with Crippen LogP contribution in [0.2, 0.25) is 0 Å². The molecule has 1 aromatic heterocycles. The fourth-order valence-electron chi connectivity index (χ4n) is 0.952. The molecule has 0 aliphatic heterocycles. The summed E-state index contributed by atoms with van der Waals surface area (Å²) in [7, 11) is 0. The molecule has 1 heterocycles. The maximum Gasteiger partial charge on any atom is 0.0211 e. The summed E-state index contributed by atoms with van der Waals surface area (Å²) in [5, 5.41) is 5.40. The zero-order valence-corrected chi connectivity index (χ0v) is 7.86. The standard InChI is InChI=1S/C10H13NS/c1-2-3-7-11-8-6-10-5-4-9-12-10/h1,4-5,9,11H,3,6-8H2. The van der Waals surface area contributed by atoms with E-state index in [1.54, 1.807) is 11.3 Å². The van der Waals surface area contributed by atoms with Gasteiger partial charge in [0.05, 0.1) is 0 Å². The van der Waals surface area contributed by atoms with Gasteiger partial charge in [-0.15, -0.1) is 23.7 Å². The average Bonchev–Trinajstić information content (AvgIpc) is 2.57. The summed E-state index contributed by atoms with van der Waals surface area (Å²) in [6, 6.07) is 4.25. The van der Waals surface area contributed by atoms with Gasteiger partial charge in [-0.05, 0) is 24.4 Å². The molecule has 0 aliphatic rings. The summed E-state index contributed by atoms with van der Waals surface area (Å²) in [6.45, 7) is 1.96. The van der Waals surface area contributed by atoms with Crippen LogP contribution in [0, 0.1) is 12.3 Å². The smallest absolute Gasteiger partial charge is 0.0211 e. The van der Waals surface area contributed by atoms with E-state index in [9.17, 15) is 0 Å². The van der Waals surface area contributed by atoms with Crippen molar-refractivity contribution in [3.63, 3.8) is 0 Å². The Morgan fingerprint density at radius 2 is 2.42 bits per heavy atom. The third-order valence-corrected chi connectivity index (χ3v) is 2.51. The van der Waals surface area contributed by atoms with Gasteiger partial charge in [-0.1, -0.05) is 6.07 Å². The minimum atomic E-state index is 0.824. The molecular formula is C10H13NS. The second kappa shape index (κ2) is 5.82. The molecule has 12 heavy (non-hydrogen) atoms. The maximum absolute atomic E-state index is 5.12. The summed E-state index contributed by atoms with van der Waals surface area (Å²) in [5.74, 6) is 2.60. The highest BCUT2D eigenvalue weighted by Crippen LogP contribution is 2.07. The van der Waals surface area contributed by atoms with Crippen molar-refractivity contribution in [2.24, 2.45) is 0 Å². The summed E-state index contributed by atoms with van der Waals surface area (Å²) < 4.78 is 0. The molecule has 1 nitrogen and oxygen atoms in total. The predicted octanol–water partition coefficient (Wildman–Crippen LogP) is 1.90. The first-order valence-corrected chi connectivity index (χ1v) is 4.98. The van der Waals surface area contributed by atoms with E-state index in [-0.39, 0.29) is 0 Å². The highest BCUT2D eigenvalue weighted by molar-refractivity contribution is 7.09. The molecule has 0 unspecified atom stereocenters. The molecule has 0 atom stereocenters. The van der Waals surface area contributed by atoms with Crippen molar-refractivity contribution >= 4 is 11.3 Å². The third kappa shape index (κ3) is 3.56. The van der Waals surface area contributed by atoms with Gasteiger partial charge in [0.25, 0.3) is 0 Å². The Labute approximate surface area is 77.8 Å². The number of rotatable bonds is 5. The zero-order valence-electron chi connectivity index (χ0n) is 7.05. The number of terminal acetylenes is 1. The highest BCUT2D eigenvalue weighted by atomic mass is 32.1. The van der Waals surface area contributed by atoms with Crippen LogP contribution in [0.25, 0.3) is 0 Å². The summed E-state index contributed by atoms with van der Waals surface area (Å²) in [6.07, 6.45) is 7.05. The maximum atomic E-state index is 5.12. The molecule has 0 aliphatic carbocycles. The van der Waals surface area contributed by atoms with E-state index in [0.29, 0.717) is 0 Å². The SMILES string of the molecule is C#CCCNCCc1cccs1. The number of nitrogens with one attached hydrogen (secondary N) is 1. The minimum absolute atomic E-state index is 0.824. The summed E-state index contributed by atoms with van der Waals surface area (Å²) in [5.41, 5.74) is 0. The molecule has 1 N–H and O–H groups in total. The van der Waals surface area contributed by atoms with Crippen LogP contribution in [0.3, 0.4) is 0 Å². The Kier molecular flexibility index (Phi) is 4.51. The second-order valence-electron chi connectivity index (χ2n) is 2.53. The van der Waals surface area contributed by atoms with Gasteiger partial charge in [-0.25, -0.2) is 0 Å². The molecule has 0 amide bonds. The van der Waals surface area contributed by atoms with E-state index < -0.39 is 0 Å². The average molecular weight is 179 g/mol. The van der Waals surface area contributed by atoms with Crippen LogP contribution in [-0.2, 0) is 6.42 Å². The Bertz CT molecular complexity index is 233. The predicted molar refractivity (Wildman–Crippen MR) is 54.3 cm³/mol. The second-order valence-corrected chi connectivity index (χ2v) is 3.57. The Hall–Kier alpha value is -0.780. The Morgan fingerprint density at radius 1 is 1.50 bits per heavy atom. The monoisotopic (exact) mass is 179 g/mol. The molecule has 0 fully saturated rings. The van der Waals surface area contributed by atoms with Crippen molar-refractivity contribution in [1.29, 1.82) is 0 Å². The van der Waals surface area contributed by atoms with Crippen molar-refractivity contribution in [1.82, 2.24) is 5.32 Å². The first-order valence-electron chi connectivity index (χ1n) is 4.10. The van der Waals surface area contributed by atoms with E-state index in [2.05, 4.69) is 28.8 Å².